The minimum absolute atomic E-state index is 0.0643. The summed E-state index contributed by atoms with van der Waals surface area (Å²) in [5, 5.41) is 2.87. The van der Waals surface area contributed by atoms with Crippen molar-refractivity contribution >= 4 is 5.91 Å². The van der Waals surface area contributed by atoms with Gasteiger partial charge in [0.05, 0.1) is 24.1 Å². The molecule has 0 spiro atoms. The molecule has 1 aromatic heterocycles. The van der Waals surface area contributed by atoms with Crippen LogP contribution < -0.4 is 10.1 Å². The molecule has 1 fully saturated rings. The van der Waals surface area contributed by atoms with Crippen LogP contribution in [0.3, 0.4) is 0 Å². The van der Waals surface area contributed by atoms with Gasteiger partial charge in [-0.2, -0.15) is 13.2 Å². The second-order valence-corrected chi connectivity index (χ2v) is 6.27. The lowest BCUT2D eigenvalue weighted by Gasteiger charge is -2.14. The highest BCUT2D eigenvalue weighted by Crippen LogP contribution is 2.47. The van der Waals surface area contributed by atoms with Crippen LogP contribution in [0.2, 0.25) is 0 Å². The summed E-state index contributed by atoms with van der Waals surface area (Å²) in [7, 11) is 0. The van der Waals surface area contributed by atoms with Crippen LogP contribution in [-0.4, -0.2) is 28.7 Å². The number of hydrogen-bond donors (Lipinski definition) is 1. The predicted octanol–water partition coefficient (Wildman–Crippen LogP) is 3.40. The number of nitrogens with one attached hydrogen (secondary N) is 1. The van der Waals surface area contributed by atoms with E-state index < -0.39 is 18.8 Å². The monoisotopic (exact) mass is 365 g/mol. The lowest BCUT2D eigenvalue weighted by Crippen LogP contribution is -2.29. The summed E-state index contributed by atoms with van der Waals surface area (Å²) in [4.78, 5) is 20.2. The van der Waals surface area contributed by atoms with E-state index in [0.29, 0.717) is 5.69 Å². The molecule has 0 saturated heterocycles. The van der Waals surface area contributed by atoms with Crippen molar-refractivity contribution < 1.29 is 22.7 Å². The fourth-order valence-corrected chi connectivity index (χ4v) is 2.73. The van der Waals surface area contributed by atoms with Gasteiger partial charge < -0.3 is 10.1 Å². The molecule has 1 aliphatic rings. The van der Waals surface area contributed by atoms with Gasteiger partial charge in [0.1, 0.15) is 0 Å². The molecule has 26 heavy (non-hydrogen) atoms. The fourth-order valence-electron chi connectivity index (χ4n) is 2.73. The highest BCUT2D eigenvalue weighted by Gasteiger charge is 2.44. The number of halogens is 3. The number of carbonyl (C=O) groups excluding carboxylic acids is 1. The lowest BCUT2D eigenvalue weighted by molar-refractivity contribution is -0.154. The van der Waals surface area contributed by atoms with E-state index in [9.17, 15) is 18.0 Å². The maximum Gasteiger partial charge on any atom is 0.422 e. The van der Waals surface area contributed by atoms with Crippen LogP contribution in [0.1, 0.15) is 36.6 Å². The molecular formula is C18H18F3N3O2. The number of nitrogens with zero attached hydrogens (tertiary/aromatic N) is 2. The summed E-state index contributed by atoms with van der Waals surface area (Å²) < 4.78 is 40.8. The molecule has 3 rings (SSSR count). The van der Waals surface area contributed by atoms with Gasteiger partial charge in [-0.3, -0.25) is 9.78 Å². The molecule has 1 aromatic carbocycles. The van der Waals surface area contributed by atoms with E-state index in [1.165, 1.54) is 6.20 Å². The number of hydrogen-bond acceptors (Lipinski definition) is 4. The van der Waals surface area contributed by atoms with Crippen LogP contribution in [0.4, 0.5) is 13.2 Å². The van der Waals surface area contributed by atoms with E-state index in [0.717, 1.165) is 18.2 Å². The molecule has 1 heterocycles. The molecule has 0 aliphatic heterocycles. The summed E-state index contributed by atoms with van der Waals surface area (Å²) in [6.07, 6.45) is -1.20. The van der Waals surface area contributed by atoms with Crippen LogP contribution in [0.25, 0.3) is 0 Å². The lowest BCUT2D eigenvalue weighted by atomic mass is 10.1. The van der Waals surface area contributed by atoms with Crippen molar-refractivity contribution in [3.8, 4) is 5.88 Å². The minimum Gasteiger partial charge on any atom is -0.467 e. The number of alkyl halides is 3. The zero-order valence-electron chi connectivity index (χ0n) is 14.0. The molecule has 0 bridgehead atoms. The number of ether oxygens (including phenoxy) is 1. The fraction of sp³-hybridized carbons (Fsp3) is 0.389. The predicted molar refractivity (Wildman–Crippen MR) is 87.4 cm³/mol. The molecule has 2 unspecified atom stereocenters. The SMILES string of the molecule is C[C@@H](NC(=O)C1CC1c1ccccc1)c1cnc(OCC(F)(F)F)cn1. The first-order chi connectivity index (χ1) is 12.3. The first kappa shape index (κ1) is 18.2. The highest BCUT2D eigenvalue weighted by molar-refractivity contribution is 5.83. The summed E-state index contributed by atoms with van der Waals surface area (Å²) >= 11 is 0. The van der Waals surface area contributed by atoms with Gasteiger partial charge in [0.15, 0.2) is 6.61 Å². The smallest absolute Gasteiger partial charge is 0.422 e. The van der Waals surface area contributed by atoms with Crippen molar-refractivity contribution in [3.05, 3.63) is 54.0 Å². The van der Waals surface area contributed by atoms with Crippen molar-refractivity contribution in [2.24, 2.45) is 5.92 Å². The Hall–Kier alpha value is -2.64. The molecular weight excluding hydrogens is 347 g/mol. The molecule has 1 N–H and O–H groups in total. The van der Waals surface area contributed by atoms with E-state index >= 15 is 0 Å². The van der Waals surface area contributed by atoms with Crippen molar-refractivity contribution in [2.75, 3.05) is 6.61 Å². The normalized spacial score (nSPS) is 20.3. The van der Waals surface area contributed by atoms with E-state index in [2.05, 4.69) is 20.0 Å². The second kappa shape index (κ2) is 7.31. The molecule has 138 valence electrons. The van der Waals surface area contributed by atoms with Gasteiger partial charge in [0.25, 0.3) is 0 Å². The third kappa shape index (κ3) is 4.71. The van der Waals surface area contributed by atoms with Crippen molar-refractivity contribution in [2.45, 2.75) is 31.5 Å². The molecule has 5 nitrogen and oxygen atoms in total. The Kier molecular flexibility index (Phi) is 5.11. The standard InChI is InChI=1S/C18H18F3N3O2/c1-11(15-8-23-16(9-22-15)26-10-18(19,20)21)24-17(25)14-7-13(14)12-5-3-2-4-6-12/h2-6,8-9,11,13-14H,7,10H2,1H3,(H,24,25)/t11-,13?,14?/m1/s1. The van der Waals surface area contributed by atoms with Gasteiger partial charge in [-0.25, -0.2) is 4.98 Å². The molecule has 0 radical (unpaired) electrons. The highest BCUT2D eigenvalue weighted by atomic mass is 19.4. The Morgan fingerprint density at radius 3 is 2.62 bits per heavy atom. The topological polar surface area (TPSA) is 64.1 Å². The summed E-state index contributed by atoms with van der Waals surface area (Å²) in [6, 6.07) is 9.44. The van der Waals surface area contributed by atoms with Gasteiger partial charge in [-0.1, -0.05) is 30.3 Å². The van der Waals surface area contributed by atoms with Crippen LogP contribution in [-0.2, 0) is 4.79 Å². The number of amides is 1. The number of aromatic nitrogens is 2. The average molecular weight is 365 g/mol. The van der Waals surface area contributed by atoms with Gasteiger partial charge in [-0.15, -0.1) is 0 Å². The van der Waals surface area contributed by atoms with Gasteiger partial charge >= 0.3 is 6.18 Å². The van der Waals surface area contributed by atoms with Crippen molar-refractivity contribution in [3.63, 3.8) is 0 Å². The largest absolute Gasteiger partial charge is 0.467 e. The van der Waals surface area contributed by atoms with Gasteiger partial charge in [-0.05, 0) is 24.8 Å². The van der Waals surface area contributed by atoms with Crippen LogP contribution >= 0.6 is 0 Å². The maximum absolute atomic E-state index is 12.3. The van der Waals surface area contributed by atoms with E-state index in [4.69, 9.17) is 0 Å². The molecule has 2 aromatic rings. The average Bonchev–Trinajstić information content (AvgIpc) is 3.41. The summed E-state index contributed by atoms with van der Waals surface area (Å²) in [5.74, 6) is -0.115. The first-order valence-corrected chi connectivity index (χ1v) is 8.20. The van der Waals surface area contributed by atoms with E-state index in [1.807, 2.05) is 30.3 Å². The zero-order chi connectivity index (χ0) is 18.7. The molecule has 3 atom stereocenters. The Morgan fingerprint density at radius 2 is 2.00 bits per heavy atom. The number of benzene rings is 1. The van der Waals surface area contributed by atoms with Crippen LogP contribution in [0.15, 0.2) is 42.7 Å². The molecule has 1 amide bonds. The Labute approximate surface area is 148 Å². The van der Waals surface area contributed by atoms with E-state index in [1.54, 1.807) is 6.92 Å². The number of carbonyl (C=O) groups is 1. The maximum atomic E-state index is 12.3. The van der Waals surface area contributed by atoms with E-state index in [-0.39, 0.29) is 23.6 Å². The van der Waals surface area contributed by atoms with Gasteiger partial charge in [0.2, 0.25) is 11.8 Å². The third-order valence-corrected chi connectivity index (χ3v) is 4.19. The van der Waals surface area contributed by atoms with Crippen molar-refractivity contribution in [1.29, 1.82) is 0 Å². The second-order valence-electron chi connectivity index (χ2n) is 6.27. The Bertz CT molecular complexity index is 751. The zero-order valence-corrected chi connectivity index (χ0v) is 14.0. The third-order valence-electron chi connectivity index (χ3n) is 4.19. The van der Waals surface area contributed by atoms with Gasteiger partial charge in [0, 0.05) is 5.92 Å². The summed E-state index contributed by atoms with van der Waals surface area (Å²) in [6.45, 7) is 0.327. The first-order valence-electron chi connectivity index (χ1n) is 8.20. The summed E-state index contributed by atoms with van der Waals surface area (Å²) in [5.41, 5.74) is 1.60. The quantitative estimate of drug-likeness (QED) is 0.852. The Balaban J connectivity index is 1.52. The minimum atomic E-state index is -4.43. The Morgan fingerprint density at radius 1 is 1.27 bits per heavy atom. The molecule has 8 heteroatoms. The molecule has 1 aliphatic carbocycles. The van der Waals surface area contributed by atoms with Crippen LogP contribution in [0, 0.1) is 5.92 Å². The van der Waals surface area contributed by atoms with Crippen LogP contribution in [0.5, 0.6) is 5.88 Å². The number of rotatable bonds is 6. The molecule has 1 saturated carbocycles. The van der Waals surface area contributed by atoms with Crippen molar-refractivity contribution in [1.82, 2.24) is 15.3 Å².